The summed E-state index contributed by atoms with van der Waals surface area (Å²) < 4.78 is 23.5. The monoisotopic (exact) mass is 390 g/mol. The third kappa shape index (κ3) is 4.53. The Morgan fingerprint density at radius 2 is 2.26 bits per heavy atom. The Hall–Kier alpha value is -0.960. The Kier molecular flexibility index (Phi) is 5.05. The fraction of sp³-hybridized carbons (Fsp3) is 0.429. The second-order valence-corrected chi connectivity index (χ2v) is 10.3. The predicted molar refractivity (Wildman–Crippen MR) is 93.9 cm³/mol. The van der Waals surface area contributed by atoms with Crippen molar-refractivity contribution in [3.8, 4) is 9.88 Å². The summed E-state index contributed by atoms with van der Waals surface area (Å²) in [7, 11) is -2.90. The molecule has 1 aliphatic rings. The predicted octanol–water partition coefficient (Wildman–Crippen LogP) is 2.62. The molecule has 0 aromatic carbocycles. The van der Waals surface area contributed by atoms with Crippen LogP contribution in [0.3, 0.4) is 0 Å². The van der Waals surface area contributed by atoms with Crippen molar-refractivity contribution in [2.45, 2.75) is 12.8 Å². The van der Waals surface area contributed by atoms with Gasteiger partial charge in [-0.15, -0.1) is 22.7 Å². The van der Waals surface area contributed by atoms with Crippen LogP contribution in [0.4, 0.5) is 0 Å². The molecular weight excluding hydrogens is 376 g/mol. The minimum absolute atomic E-state index is 0.0307. The molecule has 1 aliphatic heterocycles. The number of carbonyl (C=O) groups excluding carboxylic acids is 1. The number of halogens is 1. The van der Waals surface area contributed by atoms with E-state index in [2.05, 4.69) is 10.3 Å². The highest BCUT2D eigenvalue weighted by Crippen LogP contribution is 2.32. The third-order valence-corrected chi connectivity index (χ3v) is 7.72. The maximum absolute atomic E-state index is 12.0. The van der Waals surface area contributed by atoms with Crippen molar-refractivity contribution in [2.24, 2.45) is 5.92 Å². The van der Waals surface area contributed by atoms with Crippen LogP contribution < -0.4 is 5.32 Å². The van der Waals surface area contributed by atoms with Crippen LogP contribution in [0.2, 0.25) is 4.34 Å². The lowest BCUT2D eigenvalue weighted by Crippen LogP contribution is -2.31. The van der Waals surface area contributed by atoms with Gasteiger partial charge in [0.1, 0.15) is 5.01 Å². The highest BCUT2D eigenvalue weighted by Gasteiger charge is 2.27. The first kappa shape index (κ1) is 16.9. The fourth-order valence-electron chi connectivity index (χ4n) is 2.45. The van der Waals surface area contributed by atoms with Crippen LogP contribution in [0.1, 0.15) is 12.1 Å². The van der Waals surface area contributed by atoms with Crippen LogP contribution in [-0.4, -0.2) is 37.4 Å². The molecule has 0 spiro atoms. The Morgan fingerprint density at radius 1 is 1.43 bits per heavy atom. The highest BCUT2D eigenvalue weighted by atomic mass is 35.5. The lowest BCUT2D eigenvalue weighted by molar-refractivity contribution is -0.120. The molecule has 3 rings (SSSR count). The van der Waals surface area contributed by atoms with E-state index in [0.717, 1.165) is 9.88 Å². The molecule has 0 radical (unpaired) electrons. The Bertz CT molecular complexity index is 813. The van der Waals surface area contributed by atoms with Crippen molar-refractivity contribution in [3.05, 3.63) is 27.5 Å². The van der Waals surface area contributed by atoms with Crippen molar-refractivity contribution >= 4 is 50.0 Å². The number of thiazole rings is 1. The molecule has 1 N–H and O–H groups in total. The fourth-order valence-corrected chi connectivity index (χ4v) is 6.25. The van der Waals surface area contributed by atoms with Crippen LogP contribution in [0.25, 0.3) is 9.88 Å². The average Bonchev–Trinajstić information content (AvgIpc) is 3.17. The SMILES string of the molecule is O=C(Cc1csc(-c2ccc(Cl)s2)n1)NCC1CCS(=O)(=O)C1. The van der Waals surface area contributed by atoms with Crippen molar-refractivity contribution < 1.29 is 13.2 Å². The van der Waals surface area contributed by atoms with E-state index in [1.165, 1.54) is 22.7 Å². The summed E-state index contributed by atoms with van der Waals surface area (Å²) in [4.78, 5) is 17.4. The standard InChI is InChI=1S/C14H15ClN2O3S3/c15-12-2-1-11(22-12)14-17-10(7-21-14)5-13(18)16-6-9-3-4-23(19,20)8-9/h1-2,7,9H,3-6,8H2,(H,16,18). The molecule has 1 unspecified atom stereocenters. The highest BCUT2D eigenvalue weighted by molar-refractivity contribution is 7.91. The van der Waals surface area contributed by atoms with E-state index in [0.29, 0.717) is 23.0 Å². The first-order valence-electron chi connectivity index (χ1n) is 7.08. The molecule has 0 aliphatic carbocycles. The van der Waals surface area contributed by atoms with Gasteiger partial charge in [0, 0.05) is 11.9 Å². The summed E-state index contributed by atoms with van der Waals surface area (Å²) in [5.41, 5.74) is 0.714. The van der Waals surface area contributed by atoms with Gasteiger partial charge >= 0.3 is 0 Å². The van der Waals surface area contributed by atoms with Crippen LogP contribution in [0.15, 0.2) is 17.5 Å². The zero-order valence-electron chi connectivity index (χ0n) is 12.1. The van der Waals surface area contributed by atoms with Crippen LogP contribution in [-0.2, 0) is 21.1 Å². The smallest absolute Gasteiger partial charge is 0.226 e. The largest absolute Gasteiger partial charge is 0.355 e. The Labute approximate surface area is 147 Å². The lowest BCUT2D eigenvalue weighted by Gasteiger charge is -2.08. The van der Waals surface area contributed by atoms with Crippen LogP contribution in [0, 0.1) is 5.92 Å². The van der Waals surface area contributed by atoms with Gasteiger partial charge < -0.3 is 5.32 Å². The second-order valence-electron chi connectivity index (χ2n) is 5.50. The van der Waals surface area contributed by atoms with Crippen molar-refractivity contribution in [3.63, 3.8) is 0 Å². The number of hydrogen-bond donors (Lipinski definition) is 1. The molecule has 2 aromatic heterocycles. The molecule has 23 heavy (non-hydrogen) atoms. The number of amides is 1. The third-order valence-electron chi connectivity index (χ3n) is 3.59. The number of carbonyl (C=O) groups is 1. The maximum Gasteiger partial charge on any atom is 0.226 e. The summed E-state index contributed by atoms with van der Waals surface area (Å²) >= 11 is 8.85. The number of nitrogens with one attached hydrogen (secondary N) is 1. The van der Waals surface area contributed by atoms with Gasteiger partial charge in [0.2, 0.25) is 5.91 Å². The lowest BCUT2D eigenvalue weighted by atomic mass is 10.1. The van der Waals surface area contributed by atoms with Gasteiger partial charge in [0.25, 0.3) is 0 Å². The van der Waals surface area contributed by atoms with Gasteiger partial charge in [0.15, 0.2) is 9.84 Å². The molecule has 0 bridgehead atoms. The summed E-state index contributed by atoms with van der Waals surface area (Å²) in [5, 5.41) is 5.52. The minimum atomic E-state index is -2.90. The van der Waals surface area contributed by atoms with Gasteiger partial charge in [-0.3, -0.25) is 4.79 Å². The van der Waals surface area contributed by atoms with E-state index in [1.54, 1.807) is 0 Å². The van der Waals surface area contributed by atoms with E-state index in [9.17, 15) is 13.2 Å². The average molecular weight is 391 g/mol. The van der Waals surface area contributed by atoms with Crippen LogP contribution >= 0.6 is 34.3 Å². The molecule has 1 fully saturated rings. The minimum Gasteiger partial charge on any atom is -0.355 e. The molecule has 1 amide bonds. The van der Waals surface area contributed by atoms with Gasteiger partial charge in [-0.25, -0.2) is 13.4 Å². The number of rotatable bonds is 5. The molecule has 3 heterocycles. The van der Waals surface area contributed by atoms with E-state index >= 15 is 0 Å². The topological polar surface area (TPSA) is 76.1 Å². The van der Waals surface area contributed by atoms with Crippen LogP contribution in [0.5, 0.6) is 0 Å². The van der Waals surface area contributed by atoms with Gasteiger partial charge in [0.05, 0.1) is 32.8 Å². The van der Waals surface area contributed by atoms with Crippen molar-refractivity contribution in [2.75, 3.05) is 18.1 Å². The number of nitrogens with zero attached hydrogens (tertiary/aromatic N) is 1. The molecular formula is C14H15ClN2O3S3. The van der Waals surface area contributed by atoms with E-state index in [1.807, 2.05) is 17.5 Å². The quantitative estimate of drug-likeness (QED) is 0.851. The summed E-state index contributed by atoms with van der Waals surface area (Å²) in [6.45, 7) is 0.412. The van der Waals surface area contributed by atoms with E-state index in [4.69, 9.17) is 11.6 Å². The van der Waals surface area contributed by atoms with Gasteiger partial charge in [-0.1, -0.05) is 11.6 Å². The molecule has 124 valence electrons. The zero-order valence-corrected chi connectivity index (χ0v) is 15.3. The van der Waals surface area contributed by atoms with Crippen molar-refractivity contribution in [1.29, 1.82) is 0 Å². The molecule has 2 aromatic rings. The second kappa shape index (κ2) is 6.88. The van der Waals surface area contributed by atoms with E-state index < -0.39 is 9.84 Å². The normalized spacial score (nSPS) is 19.8. The molecule has 0 saturated carbocycles. The molecule has 5 nitrogen and oxygen atoms in total. The Balaban J connectivity index is 1.51. The van der Waals surface area contributed by atoms with Gasteiger partial charge in [-0.05, 0) is 24.5 Å². The number of sulfone groups is 1. The Morgan fingerprint density at radius 3 is 2.91 bits per heavy atom. The summed E-state index contributed by atoms with van der Waals surface area (Å²) in [6, 6.07) is 3.74. The molecule has 9 heteroatoms. The van der Waals surface area contributed by atoms with Crippen molar-refractivity contribution in [1.82, 2.24) is 10.3 Å². The maximum atomic E-state index is 12.0. The summed E-state index contributed by atoms with van der Waals surface area (Å²) in [5.74, 6) is 0.304. The zero-order chi connectivity index (χ0) is 16.4. The summed E-state index contributed by atoms with van der Waals surface area (Å²) in [6.07, 6.45) is 0.831. The number of aromatic nitrogens is 1. The number of thiophene rings is 1. The number of hydrogen-bond acceptors (Lipinski definition) is 6. The molecule has 1 atom stereocenters. The first-order chi connectivity index (χ1) is 10.9. The molecule has 1 saturated heterocycles. The first-order valence-corrected chi connectivity index (χ1v) is 11.0. The van der Waals surface area contributed by atoms with E-state index in [-0.39, 0.29) is 29.8 Å². The van der Waals surface area contributed by atoms with Gasteiger partial charge in [-0.2, -0.15) is 0 Å².